The van der Waals surface area contributed by atoms with Gasteiger partial charge in [-0.3, -0.25) is 0 Å². The van der Waals surface area contributed by atoms with Crippen molar-refractivity contribution < 1.29 is 19.0 Å². The standard InChI is InChI=1S/C25H17FN2O3/c26-23-7-3-1-5-18(23)16-31-24-8-4-2-6-21(24)22-15-28(14-19(22)13-27)20-11-9-17(10-12-20)25(29)30/h1-12,14-15H,16H2,(H,29,30). The number of aromatic carboxylic acids is 1. The fraction of sp³-hybridized carbons (Fsp3) is 0.0400. The molecule has 0 saturated heterocycles. The summed E-state index contributed by atoms with van der Waals surface area (Å²) in [4.78, 5) is 11.1. The zero-order valence-corrected chi connectivity index (χ0v) is 16.3. The second-order valence-corrected chi connectivity index (χ2v) is 6.83. The van der Waals surface area contributed by atoms with E-state index in [0.29, 0.717) is 28.0 Å². The van der Waals surface area contributed by atoms with Crippen LogP contribution in [-0.4, -0.2) is 15.6 Å². The molecule has 1 N–H and O–H groups in total. The van der Waals surface area contributed by atoms with Crippen molar-refractivity contribution in [3.63, 3.8) is 0 Å². The summed E-state index contributed by atoms with van der Waals surface area (Å²) in [5.41, 5.74) is 3.14. The molecule has 0 unspecified atom stereocenters. The summed E-state index contributed by atoms with van der Waals surface area (Å²) < 4.78 is 21.6. The molecule has 1 aromatic heterocycles. The summed E-state index contributed by atoms with van der Waals surface area (Å²) >= 11 is 0. The van der Waals surface area contributed by atoms with Crippen molar-refractivity contribution in [3.8, 4) is 28.6 Å². The summed E-state index contributed by atoms with van der Waals surface area (Å²) in [6.45, 7) is 0.0585. The van der Waals surface area contributed by atoms with Crippen LogP contribution in [0.4, 0.5) is 4.39 Å². The minimum Gasteiger partial charge on any atom is -0.488 e. The number of rotatable bonds is 6. The van der Waals surface area contributed by atoms with E-state index in [-0.39, 0.29) is 18.0 Å². The molecule has 0 atom stereocenters. The number of carbonyl (C=O) groups is 1. The Hall–Kier alpha value is -4.37. The number of nitrogens with zero attached hydrogens (tertiary/aromatic N) is 2. The van der Waals surface area contributed by atoms with E-state index < -0.39 is 5.97 Å². The lowest BCUT2D eigenvalue weighted by molar-refractivity contribution is 0.0697. The van der Waals surface area contributed by atoms with Gasteiger partial charge in [-0.25, -0.2) is 9.18 Å². The monoisotopic (exact) mass is 412 g/mol. The first kappa shape index (κ1) is 19.9. The van der Waals surface area contributed by atoms with E-state index in [4.69, 9.17) is 9.84 Å². The first-order valence-electron chi connectivity index (χ1n) is 9.48. The highest BCUT2D eigenvalue weighted by molar-refractivity contribution is 5.87. The number of hydrogen-bond acceptors (Lipinski definition) is 3. The molecule has 0 aliphatic rings. The first-order valence-corrected chi connectivity index (χ1v) is 9.48. The highest BCUT2D eigenvalue weighted by Crippen LogP contribution is 2.34. The molecule has 4 rings (SSSR count). The van der Waals surface area contributed by atoms with E-state index >= 15 is 0 Å². The van der Waals surface area contributed by atoms with Gasteiger partial charge in [0.1, 0.15) is 24.2 Å². The third kappa shape index (κ3) is 4.16. The van der Waals surface area contributed by atoms with Gasteiger partial charge in [-0.2, -0.15) is 5.26 Å². The molecule has 0 radical (unpaired) electrons. The molecule has 0 aliphatic heterocycles. The van der Waals surface area contributed by atoms with Crippen LogP contribution in [-0.2, 0) is 6.61 Å². The number of halogens is 1. The number of carboxylic acid groups (broad SMARTS) is 1. The number of aromatic nitrogens is 1. The van der Waals surface area contributed by atoms with Gasteiger partial charge in [-0.1, -0.05) is 36.4 Å². The number of nitriles is 1. The average Bonchev–Trinajstić information content (AvgIpc) is 3.23. The molecule has 3 aromatic carbocycles. The van der Waals surface area contributed by atoms with Gasteiger partial charge in [-0.15, -0.1) is 0 Å². The van der Waals surface area contributed by atoms with E-state index in [2.05, 4.69) is 6.07 Å². The lowest BCUT2D eigenvalue weighted by Crippen LogP contribution is -1.99. The van der Waals surface area contributed by atoms with Crippen LogP contribution in [0.15, 0.2) is 85.2 Å². The quantitative estimate of drug-likeness (QED) is 0.458. The zero-order valence-electron chi connectivity index (χ0n) is 16.3. The number of para-hydroxylation sites is 1. The van der Waals surface area contributed by atoms with Gasteiger partial charge in [0, 0.05) is 34.8 Å². The molecule has 0 fully saturated rings. The summed E-state index contributed by atoms with van der Waals surface area (Å²) in [5, 5.41) is 18.7. The minimum absolute atomic E-state index is 0.0585. The largest absolute Gasteiger partial charge is 0.488 e. The molecule has 0 spiro atoms. The van der Waals surface area contributed by atoms with Crippen molar-refractivity contribution in [1.29, 1.82) is 5.26 Å². The van der Waals surface area contributed by atoms with Gasteiger partial charge in [0.2, 0.25) is 0 Å². The summed E-state index contributed by atoms with van der Waals surface area (Å²) in [7, 11) is 0. The van der Waals surface area contributed by atoms with Crippen molar-refractivity contribution in [2.75, 3.05) is 0 Å². The van der Waals surface area contributed by atoms with Crippen LogP contribution in [0.1, 0.15) is 21.5 Å². The maximum atomic E-state index is 13.9. The van der Waals surface area contributed by atoms with Gasteiger partial charge in [0.05, 0.1) is 11.1 Å². The zero-order chi connectivity index (χ0) is 21.8. The molecular formula is C25H17FN2O3. The van der Waals surface area contributed by atoms with E-state index in [9.17, 15) is 14.4 Å². The lowest BCUT2D eigenvalue weighted by atomic mass is 10.0. The maximum Gasteiger partial charge on any atom is 0.335 e. The van der Waals surface area contributed by atoms with E-state index in [1.807, 2.05) is 18.2 Å². The first-order chi connectivity index (χ1) is 15.1. The number of hydrogen-bond donors (Lipinski definition) is 1. The fourth-order valence-electron chi connectivity index (χ4n) is 3.27. The Balaban J connectivity index is 1.68. The average molecular weight is 412 g/mol. The molecule has 0 aliphatic carbocycles. The highest BCUT2D eigenvalue weighted by Gasteiger charge is 2.15. The normalized spacial score (nSPS) is 10.5. The number of benzene rings is 3. The highest BCUT2D eigenvalue weighted by atomic mass is 19.1. The van der Waals surface area contributed by atoms with Gasteiger partial charge in [0.15, 0.2) is 0 Å². The van der Waals surface area contributed by atoms with E-state index in [0.717, 1.165) is 5.69 Å². The van der Waals surface area contributed by atoms with Crippen LogP contribution in [0.2, 0.25) is 0 Å². The molecule has 0 amide bonds. The van der Waals surface area contributed by atoms with Crippen molar-refractivity contribution >= 4 is 5.97 Å². The molecular weight excluding hydrogens is 395 g/mol. The molecule has 152 valence electrons. The smallest absolute Gasteiger partial charge is 0.335 e. The predicted octanol–water partition coefficient (Wildman–Crippen LogP) is 5.43. The minimum atomic E-state index is -1.00. The van der Waals surface area contributed by atoms with E-state index in [1.54, 1.807) is 53.4 Å². The third-order valence-electron chi connectivity index (χ3n) is 4.88. The fourth-order valence-corrected chi connectivity index (χ4v) is 3.27. The summed E-state index contributed by atoms with van der Waals surface area (Å²) in [6.07, 6.45) is 3.47. The Morgan fingerprint density at radius 3 is 2.39 bits per heavy atom. The Labute approximate surface area is 178 Å². The number of carboxylic acids is 1. The lowest BCUT2D eigenvalue weighted by Gasteiger charge is -2.11. The topological polar surface area (TPSA) is 75.2 Å². The third-order valence-corrected chi connectivity index (χ3v) is 4.88. The van der Waals surface area contributed by atoms with Crippen molar-refractivity contribution in [1.82, 2.24) is 4.57 Å². The number of ether oxygens (including phenoxy) is 1. The van der Waals surface area contributed by atoms with Crippen LogP contribution >= 0.6 is 0 Å². The van der Waals surface area contributed by atoms with Gasteiger partial charge >= 0.3 is 5.97 Å². The molecule has 1 heterocycles. The molecule has 0 saturated carbocycles. The Morgan fingerprint density at radius 2 is 1.68 bits per heavy atom. The Kier molecular flexibility index (Phi) is 5.50. The molecule has 31 heavy (non-hydrogen) atoms. The maximum absolute atomic E-state index is 13.9. The van der Waals surface area contributed by atoms with E-state index in [1.165, 1.54) is 18.2 Å². The van der Waals surface area contributed by atoms with Gasteiger partial charge in [-0.05, 0) is 36.4 Å². The van der Waals surface area contributed by atoms with Gasteiger partial charge in [0.25, 0.3) is 0 Å². The van der Waals surface area contributed by atoms with Crippen LogP contribution in [0.5, 0.6) is 5.75 Å². The molecule has 4 aromatic rings. The summed E-state index contributed by atoms with van der Waals surface area (Å²) in [5.74, 6) is -0.812. The Bertz CT molecular complexity index is 1290. The second kappa shape index (κ2) is 8.56. The van der Waals surface area contributed by atoms with Crippen molar-refractivity contribution in [2.24, 2.45) is 0 Å². The van der Waals surface area contributed by atoms with Crippen molar-refractivity contribution in [3.05, 3.63) is 108 Å². The van der Waals surface area contributed by atoms with Crippen LogP contribution in [0.3, 0.4) is 0 Å². The molecule has 0 bridgehead atoms. The Morgan fingerprint density at radius 1 is 0.968 bits per heavy atom. The van der Waals surface area contributed by atoms with Crippen molar-refractivity contribution in [2.45, 2.75) is 6.61 Å². The van der Waals surface area contributed by atoms with Gasteiger partial charge < -0.3 is 14.4 Å². The predicted molar refractivity (Wildman–Crippen MR) is 114 cm³/mol. The van der Waals surface area contributed by atoms with Crippen LogP contribution < -0.4 is 4.74 Å². The SMILES string of the molecule is N#Cc1cn(-c2ccc(C(=O)O)cc2)cc1-c1ccccc1OCc1ccccc1F. The second-order valence-electron chi connectivity index (χ2n) is 6.83. The summed E-state index contributed by atoms with van der Waals surface area (Å²) in [6, 6.07) is 22.2. The molecule has 5 nitrogen and oxygen atoms in total. The van der Waals surface area contributed by atoms with Crippen LogP contribution in [0.25, 0.3) is 16.8 Å². The molecule has 6 heteroatoms. The van der Waals surface area contributed by atoms with Crippen LogP contribution in [0, 0.1) is 17.1 Å².